The Morgan fingerprint density at radius 1 is 1.35 bits per heavy atom. The predicted octanol–water partition coefficient (Wildman–Crippen LogP) is 0.594. The van der Waals surface area contributed by atoms with E-state index in [0.29, 0.717) is 19.4 Å². The molecule has 0 N–H and O–H groups in total. The van der Waals surface area contributed by atoms with Crippen molar-refractivity contribution in [3.05, 3.63) is 0 Å². The van der Waals surface area contributed by atoms with Gasteiger partial charge in [-0.25, -0.2) is 4.79 Å². The largest absolute Gasteiger partial charge is 0.467 e. The summed E-state index contributed by atoms with van der Waals surface area (Å²) in [5.41, 5.74) is 0. The molecule has 1 fully saturated rings. The summed E-state index contributed by atoms with van der Waals surface area (Å²) in [5.74, 6) is -2.38. The van der Waals surface area contributed by atoms with E-state index in [-0.39, 0.29) is 5.91 Å². The molecule has 0 aliphatic carbocycles. The monoisotopic (exact) mass is 265 g/mol. The van der Waals surface area contributed by atoms with Crippen molar-refractivity contribution in [3.63, 3.8) is 0 Å². The zero-order chi connectivity index (χ0) is 13.1. The van der Waals surface area contributed by atoms with Crippen molar-refractivity contribution in [1.82, 2.24) is 4.90 Å². The topological polar surface area (TPSA) is 82.1 Å². The van der Waals surface area contributed by atoms with E-state index < -0.39 is 19.3 Å². The molecule has 0 aromatic carbocycles. The molecule has 0 spiro atoms. The number of ether oxygens (including phenoxy) is 1. The third-order valence-corrected chi connectivity index (χ3v) is 4.73. The molecule has 0 saturated carbocycles. The molecule has 1 amide bonds. The van der Waals surface area contributed by atoms with Crippen LogP contribution in [0.4, 0.5) is 0 Å². The molecular formula is C9H16NO6P. The molecule has 1 aliphatic rings. The summed E-state index contributed by atoms with van der Waals surface area (Å²) in [6.45, 7) is 0.343. The Labute approximate surface area is 99.5 Å². The number of likely N-dealkylation sites (tertiary alicyclic amines) is 1. The highest BCUT2D eigenvalue weighted by molar-refractivity contribution is 7.55. The number of rotatable bonds is 5. The van der Waals surface area contributed by atoms with E-state index in [2.05, 4.69) is 4.74 Å². The normalized spacial score (nSPS) is 18.3. The van der Waals surface area contributed by atoms with Gasteiger partial charge in [0, 0.05) is 27.2 Å². The highest BCUT2D eigenvalue weighted by Crippen LogP contribution is 2.53. The molecular weight excluding hydrogens is 249 g/mol. The Bertz CT molecular complexity index is 349. The van der Waals surface area contributed by atoms with Gasteiger partial charge in [-0.2, -0.15) is 0 Å². The molecule has 8 heteroatoms. The molecule has 1 atom stereocenters. The summed E-state index contributed by atoms with van der Waals surface area (Å²) in [4.78, 5) is 24.5. The van der Waals surface area contributed by atoms with Gasteiger partial charge in [0.2, 0.25) is 11.7 Å². The van der Waals surface area contributed by atoms with Gasteiger partial charge in [-0.3, -0.25) is 9.36 Å². The number of carbonyl (C=O) groups excluding carboxylic acids is 2. The Morgan fingerprint density at radius 3 is 2.29 bits per heavy atom. The van der Waals surface area contributed by atoms with Crippen LogP contribution in [0.3, 0.4) is 0 Å². The smallest absolute Gasteiger partial charge is 0.364 e. The third kappa shape index (κ3) is 2.68. The van der Waals surface area contributed by atoms with Crippen LogP contribution < -0.4 is 0 Å². The molecule has 1 unspecified atom stereocenters. The average Bonchev–Trinajstić information content (AvgIpc) is 2.75. The van der Waals surface area contributed by atoms with Crippen LogP contribution in [0.5, 0.6) is 0 Å². The van der Waals surface area contributed by atoms with Crippen LogP contribution in [0, 0.1) is 0 Å². The molecule has 1 saturated heterocycles. The van der Waals surface area contributed by atoms with Crippen LogP contribution in [-0.2, 0) is 27.9 Å². The lowest BCUT2D eigenvalue weighted by Gasteiger charge is -2.29. The maximum atomic E-state index is 12.2. The zero-order valence-corrected chi connectivity index (χ0v) is 10.9. The van der Waals surface area contributed by atoms with Gasteiger partial charge >= 0.3 is 13.6 Å². The van der Waals surface area contributed by atoms with Gasteiger partial charge in [-0.05, 0) is 6.42 Å². The first-order valence-electron chi connectivity index (χ1n) is 5.08. The molecule has 17 heavy (non-hydrogen) atoms. The third-order valence-electron chi connectivity index (χ3n) is 2.63. The van der Waals surface area contributed by atoms with Gasteiger partial charge in [0.1, 0.15) is 0 Å². The first-order chi connectivity index (χ1) is 8.00. The fraction of sp³-hybridized carbons (Fsp3) is 0.778. The van der Waals surface area contributed by atoms with Crippen LogP contribution in [0.15, 0.2) is 0 Å². The van der Waals surface area contributed by atoms with Gasteiger partial charge in [0.15, 0.2) is 0 Å². The zero-order valence-electron chi connectivity index (χ0n) is 10.0. The van der Waals surface area contributed by atoms with Crippen molar-refractivity contribution in [2.24, 2.45) is 0 Å². The van der Waals surface area contributed by atoms with Crippen molar-refractivity contribution in [2.75, 3.05) is 27.9 Å². The highest BCUT2D eigenvalue weighted by Gasteiger charge is 2.48. The van der Waals surface area contributed by atoms with E-state index in [1.165, 1.54) is 19.1 Å². The number of nitrogens with zero attached hydrogens (tertiary/aromatic N) is 1. The number of methoxy groups -OCH3 is 1. The predicted molar refractivity (Wildman–Crippen MR) is 58.4 cm³/mol. The van der Waals surface area contributed by atoms with Crippen molar-refractivity contribution in [1.29, 1.82) is 0 Å². The van der Waals surface area contributed by atoms with Gasteiger partial charge in [-0.1, -0.05) is 0 Å². The molecule has 0 aromatic rings. The van der Waals surface area contributed by atoms with E-state index in [1.807, 2.05) is 0 Å². The van der Waals surface area contributed by atoms with Crippen LogP contribution in [0.2, 0.25) is 0 Å². The highest BCUT2D eigenvalue weighted by atomic mass is 31.2. The maximum absolute atomic E-state index is 12.2. The summed E-state index contributed by atoms with van der Waals surface area (Å²) in [5, 5.41) is 0. The first kappa shape index (κ1) is 14.2. The summed E-state index contributed by atoms with van der Waals surface area (Å²) in [6, 6.07) is 0. The molecule has 98 valence electrons. The second-order valence-electron chi connectivity index (χ2n) is 3.49. The van der Waals surface area contributed by atoms with Crippen LogP contribution >= 0.6 is 7.60 Å². The molecule has 1 aliphatic heterocycles. The van der Waals surface area contributed by atoms with E-state index in [4.69, 9.17) is 9.05 Å². The van der Waals surface area contributed by atoms with E-state index in [9.17, 15) is 14.2 Å². The van der Waals surface area contributed by atoms with Gasteiger partial charge in [0.25, 0.3) is 0 Å². The second kappa shape index (κ2) is 5.62. The van der Waals surface area contributed by atoms with Crippen LogP contribution in [0.1, 0.15) is 12.8 Å². The van der Waals surface area contributed by atoms with Crippen molar-refractivity contribution in [2.45, 2.75) is 18.6 Å². The second-order valence-corrected chi connectivity index (χ2v) is 5.79. The summed E-state index contributed by atoms with van der Waals surface area (Å²) >= 11 is 0. The van der Waals surface area contributed by atoms with Gasteiger partial charge in [-0.15, -0.1) is 0 Å². The molecule has 7 nitrogen and oxygen atoms in total. The SMILES string of the molecule is COC(=O)C(N1CCCC1=O)P(=O)(OC)OC. The average molecular weight is 265 g/mol. The Hall–Kier alpha value is -0.910. The Balaban J connectivity index is 3.07. The molecule has 0 bridgehead atoms. The first-order valence-corrected chi connectivity index (χ1v) is 6.70. The lowest BCUT2D eigenvalue weighted by atomic mass is 10.4. The number of esters is 1. The summed E-state index contributed by atoms with van der Waals surface area (Å²) < 4.78 is 26.3. The molecule has 0 radical (unpaired) electrons. The van der Waals surface area contributed by atoms with Crippen molar-refractivity contribution in [3.8, 4) is 0 Å². The standard InChI is InChI=1S/C9H16NO6P/c1-14-9(12)8(17(13,15-2)16-3)10-6-4-5-7(10)11/h8H,4-6H2,1-3H3. The van der Waals surface area contributed by atoms with Crippen molar-refractivity contribution >= 4 is 19.5 Å². The molecule has 1 rings (SSSR count). The van der Waals surface area contributed by atoms with Gasteiger partial charge < -0.3 is 18.7 Å². The molecule has 1 heterocycles. The minimum absolute atomic E-state index is 0.255. The maximum Gasteiger partial charge on any atom is 0.364 e. The van der Waals surface area contributed by atoms with Crippen LogP contribution in [-0.4, -0.2) is 50.4 Å². The fourth-order valence-electron chi connectivity index (χ4n) is 1.73. The Morgan fingerprint density at radius 2 is 1.94 bits per heavy atom. The minimum Gasteiger partial charge on any atom is -0.467 e. The van der Waals surface area contributed by atoms with Crippen LogP contribution in [0.25, 0.3) is 0 Å². The van der Waals surface area contributed by atoms with Crippen molar-refractivity contribution < 1.29 is 27.9 Å². The lowest BCUT2D eigenvalue weighted by Crippen LogP contribution is -2.43. The van der Waals surface area contributed by atoms with E-state index in [1.54, 1.807) is 0 Å². The number of hydrogen-bond donors (Lipinski definition) is 0. The number of carbonyl (C=O) groups is 2. The van der Waals surface area contributed by atoms with Gasteiger partial charge in [0.05, 0.1) is 7.11 Å². The molecule has 0 aromatic heterocycles. The fourth-order valence-corrected chi connectivity index (χ4v) is 3.23. The minimum atomic E-state index is -3.72. The number of hydrogen-bond acceptors (Lipinski definition) is 6. The number of amides is 1. The lowest BCUT2D eigenvalue weighted by molar-refractivity contribution is -0.148. The van der Waals surface area contributed by atoms with E-state index >= 15 is 0 Å². The van der Waals surface area contributed by atoms with E-state index in [0.717, 1.165) is 7.11 Å². The Kier molecular flexibility index (Phi) is 4.68. The summed E-state index contributed by atoms with van der Waals surface area (Å²) in [7, 11) is -0.227. The summed E-state index contributed by atoms with van der Waals surface area (Å²) in [6.07, 6.45) is 0.931. The quantitative estimate of drug-likeness (QED) is 0.534.